The molecule has 0 unspecified atom stereocenters. The highest BCUT2D eigenvalue weighted by molar-refractivity contribution is 5.34. The van der Waals surface area contributed by atoms with Crippen molar-refractivity contribution in [2.45, 2.75) is 18.8 Å². The van der Waals surface area contributed by atoms with Crippen molar-refractivity contribution in [3.05, 3.63) is 47.5 Å². The Hall–Kier alpha value is -1.55. The van der Waals surface area contributed by atoms with Crippen LogP contribution in [0, 0.1) is 11.3 Å². The molecule has 1 nitrogen and oxygen atoms in total. The molecule has 64 valence electrons. The first-order valence-corrected chi connectivity index (χ1v) is 4.55. The average Bonchev–Trinajstić information content (AvgIpc) is 2.71. The standard InChI is InChI=1S/C12H11N/c13-9-10-5-7-12(8-6-10)11-3-1-2-4-11/h1-2,5-8,11H,3-4H2. The van der Waals surface area contributed by atoms with Crippen LogP contribution in [-0.4, -0.2) is 0 Å². The van der Waals surface area contributed by atoms with Gasteiger partial charge in [0.05, 0.1) is 11.6 Å². The minimum Gasteiger partial charge on any atom is -0.192 e. The summed E-state index contributed by atoms with van der Waals surface area (Å²) in [6.07, 6.45) is 6.74. The molecule has 1 heteroatoms. The van der Waals surface area contributed by atoms with Crippen LogP contribution in [0.3, 0.4) is 0 Å². The van der Waals surface area contributed by atoms with Gasteiger partial charge >= 0.3 is 0 Å². The van der Waals surface area contributed by atoms with Gasteiger partial charge in [0.15, 0.2) is 0 Å². The van der Waals surface area contributed by atoms with Crippen molar-refractivity contribution in [2.75, 3.05) is 0 Å². The molecule has 1 aromatic carbocycles. The summed E-state index contributed by atoms with van der Waals surface area (Å²) >= 11 is 0. The maximum atomic E-state index is 8.63. The van der Waals surface area contributed by atoms with Gasteiger partial charge in [0.2, 0.25) is 0 Å². The molecule has 0 fully saturated rings. The fourth-order valence-corrected chi connectivity index (χ4v) is 1.72. The van der Waals surface area contributed by atoms with E-state index in [0.29, 0.717) is 5.92 Å². The normalized spacial score (nSPS) is 15.9. The zero-order valence-corrected chi connectivity index (χ0v) is 7.40. The molecule has 2 rings (SSSR count). The molecule has 0 aromatic heterocycles. The van der Waals surface area contributed by atoms with Crippen LogP contribution in [-0.2, 0) is 0 Å². The summed E-state index contributed by atoms with van der Waals surface area (Å²) < 4.78 is 0. The predicted octanol–water partition coefficient (Wildman–Crippen LogP) is 2.99. The highest BCUT2D eigenvalue weighted by Crippen LogP contribution is 2.28. The largest absolute Gasteiger partial charge is 0.192 e. The molecule has 1 aliphatic rings. The Balaban J connectivity index is 2.19. The van der Waals surface area contributed by atoms with E-state index < -0.39 is 0 Å². The third kappa shape index (κ3) is 1.62. The zero-order chi connectivity index (χ0) is 9.10. The molecular weight excluding hydrogens is 158 g/mol. The number of rotatable bonds is 1. The minimum atomic E-state index is 0.646. The number of nitriles is 1. The molecule has 0 amide bonds. The first-order valence-electron chi connectivity index (χ1n) is 4.55. The van der Waals surface area contributed by atoms with Crippen molar-refractivity contribution in [1.29, 1.82) is 5.26 Å². The molecule has 1 aliphatic carbocycles. The van der Waals surface area contributed by atoms with Crippen molar-refractivity contribution in [2.24, 2.45) is 0 Å². The van der Waals surface area contributed by atoms with E-state index in [9.17, 15) is 0 Å². The van der Waals surface area contributed by atoms with Gasteiger partial charge in [-0.1, -0.05) is 24.3 Å². The Labute approximate surface area is 78.3 Å². The Morgan fingerprint density at radius 3 is 2.23 bits per heavy atom. The van der Waals surface area contributed by atoms with Gasteiger partial charge in [-0.15, -0.1) is 0 Å². The Morgan fingerprint density at radius 1 is 1.08 bits per heavy atom. The van der Waals surface area contributed by atoms with Gasteiger partial charge in [-0.3, -0.25) is 0 Å². The molecular formula is C12H11N. The molecule has 0 bridgehead atoms. The summed E-state index contributed by atoms with van der Waals surface area (Å²) in [6, 6.07) is 10.1. The number of allylic oxidation sites excluding steroid dienone is 2. The Bertz CT molecular complexity index is 346. The summed E-state index contributed by atoms with van der Waals surface area (Å²) in [6.45, 7) is 0. The first-order chi connectivity index (χ1) is 6.40. The third-order valence-electron chi connectivity index (χ3n) is 2.52. The van der Waals surface area contributed by atoms with Crippen molar-refractivity contribution < 1.29 is 0 Å². The van der Waals surface area contributed by atoms with E-state index in [0.717, 1.165) is 18.4 Å². The van der Waals surface area contributed by atoms with Gasteiger partial charge in [-0.05, 0) is 36.5 Å². The average molecular weight is 169 g/mol. The monoisotopic (exact) mass is 169 g/mol. The van der Waals surface area contributed by atoms with Gasteiger partial charge in [0.1, 0.15) is 0 Å². The maximum absolute atomic E-state index is 8.63. The van der Waals surface area contributed by atoms with E-state index in [1.807, 2.05) is 12.1 Å². The second kappa shape index (κ2) is 3.45. The van der Waals surface area contributed by atoms with E-state index in [2.05, 4.69) is 30.4 Å². The van der Waals surface area contributed by atoms with Crippen LogP contribution >= 0.6 is 0 Å². The summed E-state index contributed by atoms with van der Waals surface area (Å²) in [5, 5.41) is 8.63. The summed E-state index contributed by atoms with van der Waals surface area (Å²) in [4.78, 5) is 0. The Morgan fingerprint density at radius 2 is 1.69 bits per heavy atom. The summed E-state index contributed by atoms with van der Waals surface area (Å²) in [5.74, 6) is 0.646. The predicted molar refractivity (Wildman–Crippen MR) is 52.3 cm³/mol. The lowest BCUT2D eigenvalue weighted by Crippen LogP contribution is -1.91. The van der Waals surface area contributed by atoms with Crippen LogP contribution in [0.25, 0.3) is 0 Å². The van der Waals surface area contributed by atoms with E-state index >= 15 is 0 Å². The van der Waals surface area contributed by atoms with Crippen molar-refractivity contribution in [3.63, 3.8) is 0 Å². The van der Waals surface area contributed by atoms with Gasteiger partial charge in [0, 0.05) is 0 Å². The van der Waals surface area contributed by atoms with E-state index in [1.54, 1.807) is 0 Å². The zero-order valence-electron chi connectivity index (χ0n) is 7.40. The molecule has 0 aliphatic heterocycles. The second-order valence-corrected chi connectivity index (χ2v) is 3.37. The highest BCUT2D eigenvalue weighted by atomic mass is 14.2. The smallest absolute Gasteiger partial charge is 0.0991 e. The topological polar surface area (TPSA) is 23.8 Å². The van der Waals surface area contributed by atoms with Crippen LogP contribution in [0.15, 0.2) is 36.4 Å². The summed E-state index contributed by atoms with van der Waals surface area (Å²) in [5.41, 5.74) is 2.10. The highest BCUT2D eigenvalue weighted by Gasteiger charge is 2.11. The SMILES string of the molecule is N#Cc1ccc(C2CC=CC2)cc1. The quantitative estimate of drug-likeness (QED) is 0.593. The number of benzene rings is 1. The molecule has 0 saturated carbocycles. The molecule has 0 spiro atoms. The molecule has 0 N–H and O–H groups in total. The fourth-order valence-electron chi connectivity index (χ4n) is 1.72. The number of nitrogens with zero attached hydrogens (tertiary/aromatic N) is 1. The first kappa shape index (κ1) is 8.07. The van der Waals surface area contributed by atoms with Crippen LogP contribution in [0.4, 0.5) is 0 Å². The van der Waals surface area contributed by atoms with Crippen LogP contribution in [0.5, 0.6) is 0 Å². The van der Waals surface area contributed by atoms with Crippen molar-refractivity contribution in [1.82, 2.24) is 0 Å². The van der Waals surface area contributed by atoms with E-state index in [-0.39, 0.29) is 0 Å². The van der Waals surface area contributed by atoms with Crippen LogP contribution < -0.4 is 0 Å². The lowest BCUT2D eigenvalue weighted by atomic mass is 9.96. The van der Waals surface area contributed by atoms with Crippen LogP contribution in [0.1, 0.15) is 29.9 Å². The fraction of sp³-hybridized carbons (Fsp3) is 0.250. The van der Waals surface area contributed by atoms with Crippen molar-refractivity contribution >= 4 is 0 Å². The third-order valence-corrected chi connectivity index (χ3v) is 2.52. The molecule has 0 saturated heterocycles. The Kier molecular flexibility index (Phi) is 2.14. The minimum absolute atomic E-state index is 0.646. The summed E-state index contributed by atoms with van der Waals surface area (Å²) in [7, 11) is 0. The second-order valence-electron chi connectivity index (χ2n) is 3.37. The molecule has 0 heterocycles. The van der Waals surface area contributed by atoms with Gasteiger partial charge in [-0.25, -0.2) is 0 Å². The molecule has 0 atom stereocenters. The lowest BCUT2D eigenvalue weighted by Gasteiger charge is -2.08. The maximum Gasteiger partial charge on any atom is 0.0991 e. The lowest BCUT2D eigenvalue weighted by molar-refractivity contribution is 0.754. The van der Waals surface area contributed by atoms with Crippen molar-refractivity contribution in [3.8, 4) is 6.07 Å². The van der Waals surface area contributed by atoms with Crippen LogP contribution in [0.2, 0.25) is 0 Å². The van der Waals surface area contributed by atoms with Gasteiger partial charge in [-0.2, -0.15) is 5.26 Å². The molecule has 13 heavy (non-hydrogen) atoms. The van der Waals surface area contributed by atoms with Gasteiger partial charge < -0.3 is 0 Å². The van der Waals surface area contributed by atoms with E-state index in [1.165, 1.54) is 5.56 Å². The molecule has 1 aromatic rings. The molecule has 0 radical (unpaired) electrons. The number of hydrogen-bond donors (Lipinski definition) is 0. The number of hydrogen-bond acceptors (Lipinski definition) is 1. The van der Waals surface area contributed by atoms with Gasteiger partial charge in [0.25, 0.3) is 0 Å². The van der Waals surface area contributed by atoms with E-state index in [4.69, 9.17) is 5.26 Å².